The molecule has 3 rings (SSSR count). The van der Waals surface area contributed by atoms with Gasteiger partial charge in [-0.3, -0.25) is 4.99 Å². The zero-order valence-electron chi connectivity index (χ0n) is 10.5. The van der Waals surface area contributed by atoms with Crippen molar-refractivity contribution in [3.8, 4) is 0 Å². The van der Waals surface area contributed by atoms with Gasteiger partial charge in [-0.25, -0.2) is 0 Å². The minimum atomic E-state index is 0.0366. The number of rotatable bonds is 1. The molecule has 3 nitrogen and oxygen atoms in total. The van der Waals surface area contributed by atoms with Crippen molar-refractivity contribution in [3.63, 3.8) is 0 Å². The number of hydrogen-bond acceptors (Lipinski definition) is 3. The summed E-state index contributed by atoms with van der Waals surface area (Å²) in [7, 11) is 0. The third-order valence-electron chi connectivity index (χ3n) is 4.05. The summed E-state index contributed by atoms with van der Waals surface area (Å²) in [5, 5.41) is 0. The second-order valence-electron chi connectivity index (χ2n) is 5.33. The monoisotopic (exact) mass is 229 g/mol. The van der Waals surface area contributed by atoms with Crippen LogP contribution in [0.25, 0.3) is 0 Å². The lowest BCUT2D eigenvalue weighted by atomic mass is 9.90. The molecular formula is C14H19N3. The molecule has 0 fully saturated rings. The molecule has 1 heterocycles. The molecule has 0 saturated carbocycles. The molecule has 0 bridgehead atoms. The molecule has 0 radical (unpaired) electrons. The molecule has 0 saturated heterocycles. The van der Waals surface area contributed by atoms with E-state index < -0.39 is 0 Å². The maximum Gasteiger partial charge on any atom is 0.192 e. The molecule has 17 heavy (non-hydrogen) atoms. The summed E-state index contributed by atoms with van der Waals surface area (Å²) < 4.78 is 0. The molecule has 1 aliphatic heterocycles. The van der Waals surface area contributed by atoms with E-state index in [2.05, 4.69) is 48.0 Å². The SMILES string of the molecule is CC(C)N1C(N)=NCC12CCc1ccccc12. The minimum Gasteiger partial charge on any atom is -0.370 e. The van der Waals surface area contributed by atoms with Gasteiger partial charge in [0.2, 0.25) is 0 Å². The van der Waals surface area contributed by atoms with E-state index in [-0.39, 0.29) is 5.54 Å². The largest absolute Gasteiger partial charge is 0.370 e. The van der Waals surface area contributed by atoms with Gasteiger partial charge < -0.3 is 10.6 Å². The van der Waals surface area contributed by atoms with E-state index in [0.29, 0.717) is 12.0 Å². The Morgan fingerprint density at radius 1 is 1.35 bits per heavy atom. The van der Waals surface area contributed by atoms with Crippen LogP contribution in [0.15, 0.2) is 29.3 Å². The summed E-state index contributed by atoms with van der Waals surface area (Å²) in [6.45, 7) is 5.20. The number of hydrogen-bond donors (Lipinski definition) is 1. The Balaban J connectivity index is 2.10. The van der Waals surface area contributed by atoms with E-state index in [1.54, 1.807) is 0 Å². The predicted molar refractivity (Wildman–Crippen MR) is 69.9 cm³/mol. The van der Waals surface area contributed by atoms with Crippen molar-refractivity contribution in [2.75, 3.05) is 6.54 Å². The van der Waals surface area contributed by atoms with Crippen LogP contribution in [0.2, 0.25) is 0 Å². The second-order valence-corrected chi connectivity index (χ2v) is 5.33. The Kier molecular flexibility index (Phi) is 2.18. The molecule has 0 aromatic heterocycles. The van der Waals surface area contributed by atoms with E-state index in [0.717, 1.165) is 19.4 Å². The van der Waals surface area contributed by atoms with Crippen LogP contribution in [0, 0.1) is 0 Å². The van der Waals surface area contributed by atoms with Gasteiger partial charge in [-0.1, -0.05) is 24.3 Å². The normalized spacial score (nSPS) is 26.8. The molecular weight excluding hydrogens is 210 g/mol. The van der Waals surface area contributed by atoms with Crippen LogP contribution in [0.1, 0.15) is 31.4 Å². The summed E-state index contributed by atoms with van der Waals surface area (Å²) in [5.41, 5.74) is 8.99. The van der Waals surface area contributed by atoms with Crippen molar-refractivity contribution in [3.05, 3.63) is 35.4 Å². The van der Waals surface area contributed by atoms with Crippen LogP contribution in [-0.2, 0) is 12.0 Å². The molecule has 1 aliphatic carbocycles. The molecule has 2 aliphatic rings. The zero-order chi connectivity index (χ0) is 12.0. The molecule has 1 aromatic rings. The second kappa shape index (κ2) is 3.49. The Bertz CT molecular complexity index is 478. The number of guanidine groups is 1. The van der Waals surface area contributed by atoms with Gasteiger partial charge in [0, 0.05) is 6.04 Å². The molecule has 90 valence electrons. The van der Waals surface area contributed by atoms with Gasteiger partial charge in [0.15, 0.2) is 5.96 Å². The number of nitrogens with zero attached hydrogens (tertiary/aromatic N) is 2. The Hall–Kier alpha value is -1.51. The van der Waals surface area contributed by atoms with Crippen LogP contribution in [0.3, 0.4) is 0 Å². The highest BCUT2D eigenvalue weighted by Crippen LogP contribution is 2.45. The van der Waals surface area contributed by atoms with Crippen LogP contribution in [0.4, 0.5) is 0 Å². The van der Waals surface area contributed by atoms with Gasteiger partial charge in [-0.05, 0) is 37.8 Å². The fourth-order valence-corrected chi connectivity index (χ4v) is 3.43. The fraction of sp³-hybridized carbons (Fsp3) is 0.500. The molecule has 2 N–H and O–H groups in total. The molecule has 0 amide bonds. The molecule has 1 aromatic carbocycles. The first kappa shape index (κ1) is 10.6. The first-order valence-electron chi connectivity index (χ1n) is 6.33. The lowest BCUT2D eigenvalue weighted by Crippen LogP contribution is -2.51. The van der Waals surface area contributed by atoms with Crippen LogP contribution in [-0.4, -0.2) is 23.4 Å². The maximum absolute atomic E-state index is 6.07. The van der Waals surface area contributed by atoms with Crippen molar-refractivity contribution in [1.82, 2.24) is 4.90 Å². The number of nitrogens with two attached hydrogens (primary N) is 1. The smallest absolute Gasteiger partial charge is 0.192 e. The molecule has 1 unspecified atom stereocenters. The fourth-order valence-electron chi connectivity index (χ4n) is 3.43. The van der Waals surface area contributed by atoms with Gasteiger partial charge in [0.25, 0.3) is 0 Å². The Morgan fingerprint density at radius 3 is 2.88 bits per heavy atom. The molecule has 3 heteroatoms. The quantitative estimate of drug-likeness (QED) is 0.798. The summed E-state index contributed by atoms with van der Waals surface area (Å²) in [6.07, 6.45) is 2.27. The molecule has 1 atom stereocenters. The van der Waals surface area contributed by atoms with Crippen LogP contribution in [0.5, 0.6) is 0 Å². The lowest BCUT2D eigenvalue weighted by Gasteiger charge is -2.40. The van der Waals surface area contributed by atoms with E-state index in [9.17, 15) is 0 Å². The van der Waals surface area contributed by atoms with E-state index >= 15 is 0 Å². The van der Waals surface area contributed by atoms with Crippen molar-refractivity contribution in [2.45, 2.75) is 38.3 Å². The van der Waals surface area contributed by atoms with E-state index in [1.165, 1.54) is 11.1 Å². The maximum atomic E-state index is 6.07. The van der Waals surface area contributed by atoms with Gasteiger partial charge in [0.05, 0.1) is 12.1 Å². The van der Waals surface area contributed by atoms with Gasteiger partial charge in [-0.2, -0.15) is 0 Å². The van der Waals surface area contributed by atoms with Crippen LogP contribution < -0.4 is 5.73 Å². The third-order valence-corrected chi connectivity index (χ3v) is 4.05. The van der Waals surface area contributed by atoms with Crippen molar-refractivity contribution >= 4 is 5.96 Å². The summed E-state index contributed by atoms with van der Waals surface area (Å²) in [5.74, 6) is 0.705. The van der Waals surface area contributed by atoms with Crippen molar-refractivity contribution in [1.29, 1.82) is 0 Å². The van der Waals surface area contributed by atoms with Gasteiger partial charge in [0.1, 0.15) is 0 Å². The summed E-state index contributed by atoms with van der Waals surface area (Å²) in [6, 6.07) is 9.12. The number of fused-ring (bicyclic) bond motifs is 2. The average molecular weight is 229 g/mol. The minimum absolute atomic E-state index is 0.0366. The Morgan fingerprint density at radius 2 is 2.12 bits per heavy atom. The highest BCUT2D eigenvalue weighted by atomic mass is 15.4. The number of aryl methyl sites for hydroxylation is 1. The lowest BCUT2D eigenvalue weighted by molar-refractivity contribution is 0.165. The van der Waals surface area contributed by atoms with Gasteiger partial charge in [-0.15, -0.1) is 0 Å². The van der Waals surface area contributed by atoms with E-state index in [4.69, 9.17) is 5.73 Å². The van der Waals surface area contributed by atoms with Crippen LogP contribution >= 0.6 is 0 Å². The third kappa shape index (κ3) is 1.31. The standard InChI is InChI=1S/C14H19N3/c1-10(2)17-13(15)16-9-14(17)8-7-11-5-3-4-6-12(11)14/h3-6,10H,7-9H2,1-2H3,(H2,15,16). The number of benzene rings is 1. The average Bonchev–Trinajstić information content (AvgIpc) is 2.83. The molecule has 1 spiro atoms. The highest BCUT2D eigenvalue weighted by molar-refractivity contribution is 5.82. The number of aliphatic imine (C=N–C) groups is 1. The topological polar surface area (TPSA) is 41.6 Å². The summed E-state index contributed by atoms with van der Waals surface area (Å²) >= 11 is 0. The predicted octanol–water partition coefficient (Wildman–Crippen LogP) is 1.87. The Labute approximate surface area is 102 Å². The zero-order valence-corrected chi connectivity index (χ0v) is 10.5. The van der Waals surface area contributed by atoms with Gasteiger partial charge >= 0.3 is 0 Å². The van der Waals surface area contributed by atoms with Crippen molar-refractivity contribution in [2.24, 2.45) is 10.7 Å². The first-order valence-corrected chi connectivity index (χ1v) is 6.33. The highest BCUT2D eigenvalue weighted by Gasteiger charge is 2.48. The first-order chi connectivity index (χ1) is 8.15. The summed E-state index contributed by atoms with van der Waals surface area (Å²) in [4.78, 5) is 6.80. The van der Waals surface area contributed by atoms with Crippen molar-refractivity contribution < 1.29 is 0 Å². The van der Waals surface area contributed by atoms with E-state index in [1.807, 2.05) is 0 Å².